The molecule has 125 valence electrons. The van der Waals surface area contributed by atoms with Gasteiger partial charge in [-0.05, 0) is 0 Å². The number of halogens is 2. The van der Waals surface area contributed by atoms with Gasteiger partial charge in [-0.1, -0.05) is 0 Å². The third-order valence-corrected chi connectivity index (χ3v) is 18.3. The van der Waals surface area contributed by atoms with Crippen LogP contribution >= 0.6 is 18.6 Å². The molecule has 22 heavy (non-hydrogen) atoms. The van der Waals surface area contributed by atoms with Crippen molar-refractivity contribution in [2.24, 2.45) is 0 Å². The zero-order valence-corrected chi connectivity index (χ0v) is 20.0. The molecular weight excluding hydrogens is 365 g/mol. The molecule has 0 aliphatic heterocycles. The third-order valence-electron chi connectivity index (χ3n) is 4.57. The second kappa shape index (κ2) is 4.15. The minimum atomic E-state index is -4.95. The zero-order valence-electron chi connectivity index (χ0n) is 14.9. The van der Waals surface area contributed by atoms with Crippen molar-refractivity contribution in [3.05, 3.63) is 41.0 Å². The summed E-state index contributed by atoms with van der Waals surface area (Å²) in [5.74, 6) is 0. The van der Waals surface area contributed by atoms with Gasteiger partial charge in [-0.3, -0.25) is 0 Å². The van der Waals surface area contributed by atoms with E-state index in [0.29, 0.717) is 0 Å². The van der Waals surface area contributed by atoms with E-state index in [0.717, 1.165) is 14.5 Å². The summed E-state index contributed by atoms with van der Waals surface area (Å²) in [7, 11) is 11.1. The van der Waals surface area contributed by atoms with Crippen LogP contribution in [-0.2, 0) is 10.1 Å². The van der Waals surface area contributed by atoms with Crippen LogP contribution in [0.15, 0.2) is 29.8 Å². The van der Waals surface area contributed by atoms with Crippen LogP contribution in [0.5, 0.6) is 0 Å². The summed E-state index contributed by atoms with van der Waals surface area (Å²) in [5.41, 5.74) is 3.78. The molecule has 0 amide bonds. The van der Waals surface area contributed by atoms with Crippen LogP contribution in [0.25, 0.3) is 6.08 Å². The SMILES string of the molecule is CCC1=Cc2ccccc2[CH]1[Ti]([CH3])([CH3])([SiH3])([Cl])([Cl])[NH]C(C)(C)C. The molecule has 1 aromatic rings. The minimum absolute atomic E-state index is 0.0910. The topological polar surface area (TPSA) is 12.0 Å². The van der Waals surface area contributed by atoms with E-state index in [9.17, 15) is 0 Å². The van der Waals surface area contributed by atoms with Gasteiger partial charge in [0.2, 0.25) is 0 Å². The van der Waals surface area contributed by atoms with Crippen molar-refractivity contribution in [3.63, 3.8) is 0 Å². The van der Waals surface area contributed by atoms with Gasteiger partial charge >= 0.3 is 142 Å². The predicted octanol–water partition coefficient (Wildman–Crippen LogP) is 5.28. The van der Waals surface area contributed by atoms with E-state index in [1.54, 1.807) is 0 Å². The number of hydrogen-bond acceptors (Lipinski definition) is 1. The molecule has 0 heterocycles. The maximum absolute atomic E-state index is 7.65. The second-order valence-corrected chi connectivity index (χ2v) is 64.0. The second-order valence-electron chi connectivity index (χ2n) is 10.4. The number of allylic oxidation sites excluding steroid dienone is 1. The van der Waals surface area contributed by atoms with E-state index in [1.807, 2.05) is 0 Å². The summed E-state index contributed by atoms with van der Waals surface area (Å²) in [6.45, 7) is 8.66. The van der Waals surface area contributed by atoms with Gasteiger partial charge in [-0.2, -0.15) is 0 Å². The first kappa shape index (κ1) is 18.8. The van der Waals surface area contributed by atoms with Gasteiger partial charge in [0.25, 0.3) is 0 Å². The molecule has 0 spiro atoms. The summed E-state index contributed by atoms with van der Waals surface area (Å²) in [5, 5.41) is 4.32. The Hall–Kier alpha value is 0.431. The Morgan fingerprint density at radius 2 is 1.73 bits per heavy atom. The average molecular weight is 395 g/mol. The van der Waals surface area contributed by atoms with Gasteiger partial charge in [-0.15, -0.1) is 0 Å². The summed E-state index contributed by atoms with van der Waals surface area (Å²) in [4.78, 5) is 0. The van der Waals surface area contributed by atoms with E-state index < -0.39 is 10.1 Å². The Morgan fingerprint density at radius 3 is 2.23 bits per heavy atom. The Kier molecular flexibility index (Phi) is 3.54. The molecule has 1 nitrogen and oxygen atoms in total. The van der Waals surface area contributed by atoms with Crippen molar-refractivity contribution in [1.82, 2.24) is 3.80 Å². The molecule has 1 aromatic carbocycles. The summed E-state index contributed by atoms with van der Waals surface area (Å²) in [6.07, 6.45) is 3.27. The standard InChI is InChI=1S/C11H11.C4H10N.2CH3.2ClH.H3Si.Ti/c1-2-9-7-10-5-3-4-6-11(10)8-9;1-4(2,3)5;;;;;;/h3-8H,2H2,1H3;5H,1-3H3;2*1H3;2*1H;1H3;/q;-1;;;;;;+3/p-2. The van der Waals surface area contributed by atoms with Gasteiger partial charge < -0.3 is 0 Å². The number of hydrogen-bond donors (Lipinski definition) is 1. The molecule has 1 aliphatic carbocycles. The van der Waals surface area contributed by atoms with Crippen LogP contribution in [0.3, 0.4) is 0 Å². The predicted molar refractivity (Wildman–Crippen MR) is 104 cm³/mol. The molecule has 0 radical (unpaired) electrons. The molecule has 0 aromatic heterocycles. The first-order valence-electron chi connectivity index (χ1n) is 8.21. The Bertz CT molecular complexity index is 673. The molecule has 5 heteroatoms. The van der Waals surface area contributed by atoms with Crippen molar-refractivity contribution in [2.75, 3.05) is 0 Å². The molecule has 0 bridgehead atoms. The van der Waals surface area contributed by atoms with E-state index in [-0.39, 0.29) is 9.76 Å². The van der Waals surface area contributed by atoms with Crippen LogP contribution in [-0.4, -0.2) is 13.6 Å². The molecule has 0 saturated heterocycles. The quantitative estimate of drug-likeness (QED) is 0.687. The number of rotatable bonds is 3. The molecule has 1 N–H and O–H groups in total. The first-order valence-corrected chi connectivity index (χ1v) is 23.0. The van der Waals surface area contributed by atoms with Crippen LogP contribution in [0.2, 0.25) is 10.5 Å². The van der Waals surface area contributed by atoms with Crippen molar-refractivity contribution in [1.29, 1.82) is 0 Å². The van der Waals surface area contributed by atoms with Crippen molar-refractivity contribution < 1.29 is 10.1 Å². The molecular formula is C17H30Cl2NSiTi. The van der Waals surface area contributed by atoms with Gasteiger partial charge in [0, 0.05) is 0 Å². The van der Waals surface area contributed by atoms with Gasteiger partial charge in [0.05, 0.1) is 0 Å². The fourth-order valence-electron chi connectivity index (χ4n) is 4.84. The van der Waals surface area contributed by atoms with Crippen LogP contribution in [0.1, 0.15) is 49.5 Å². The maximum atomic E-state index is 7.65. The molecule has 1 atom stereocenters. The Morgan fingerprint density at radius 1 is 1.18 bits per heavy atom. The van der Waals surface area contributed by atoms with E-state index >= 15 is 0 Å². The molecule has 2 rings (SSSR count). The van der Waals surface area contributed by atoms with Gasteiger partial charge in [0.15, 0.2) is 0 Å². The van der Waals surface area contributed by atoms with Crippen molar-refractivity contribution in [2.45, 2.75) is 54.3 Å². The van der Waals surface area contributed by atoms with E-state index in [1.165, 1.54) is 16.7 Å². The molecule has 0 saturated carbocycles. The Labute approximate surface area is 141 Å². The number of fused-ring (bicyclic) bond motifs is 1. The van der Waals surface area contributed by atoms with Crippen LogP contribution in [0, 0.1) is 0 Å². The third kappa shape index (κ3) is 3.58. The first-order chi connectivity index (χ1) is 9.48. The summed E-state index contributed by atoms with van der Waals surface area (Å²) < 4.78 is 3.89. The molecule has 1 unspecified atom stereocenters. The molecule has 0 fully saturated rings. The molecule has 1 aliphatic rings. The fraction of sp³-hybridized carbons (Fsp3) is 0.529. The van der Waals surface area contributed by atoms with Gasteiger partial charge in [0.1, 0.15) is 0 Å². The van der Waals surface area contributed by atoms with Crippen LogP contribution < -0.4 is 3.80 Å². The van der Waals surface area contributed by atoms with Crippen molar-refractivity contribution >= 4 is 32.8 Å². The van der Waals surface area contributed by atoms with Gasteiger partial charge in [-0.25, -0.2) is 0 Å². The zero-order chi connectivity index (χ0) is 17.1. The van der Waals surface area contributed by atoms with Crippen molar-refractivity contribution in [3.8, 4) is 0 Å². The fourth-order valence-corrected chi connectivity index (χ4v) is 25.9. The summed E-state index contributed by atoms with van der Waals surface area (Å²) in [6, 6.07) is 8.55. The van der Waals surface area contributed by atoms with E-state index in [4.69, 9.17) is 18.6 Å². The number of nitrogens with one attached hydrogen (secondary N) is 1. The summed E-state index contributed by atoms with van der Waals surface area (Å²) >= 11 is 0. The monoisotopic (exact) mass is 394 g/mol. The van der Waals surface area contributed by atoms with Crippen LogP contribution in [0.4, 0.5) is 0 Å². The van der Waals surface area contributed by atoms with E-state index in [2.05, 4.69) is 72.3 Å². The number of benzene rings is 1. The normalized spacial score (nSPS) is 23.9. The average Bonchev–Trinajstić information content (AvgIpc) is 2.62. The Balaban J connectivity index is 2.79.